The fourth-order valence-corrected chi connectivity index (χ4v) is 2.21. The first-order valence-electron chi connectivity index (χ1n) is 4.32. The first kappa shape index (κ1) is 12.0. The Hall–Kier alpha value is -0.0600. The lowest BCUT2D eigenvalue weighted by Crippen LogP contribution is -2.25. The number of thioether (sulfide) groups is 1. The van der Waals surface area contributed by atoms with Crippen LogP contribution in [0.2, 0.25) is 0 Å². The van der Waals surface area contributed by atoms with Gasteiger partial charge in [-0.3, -0.25) is 0 Å². The van der Waals surface area contributed by atoms with E-state index in [-0.39, 0.29) is 11.9 Å². The SMILES string of the molecule is CSCC(N)Cc1cc(Br)ccc1F. The Bertz CT molecular complexity index is 306. The normalized spacial score (nSPS) is 12.9. The van der Waals surface area contributed by atoms with E-state index in [4.69, 9.17) is 5.73 Å². The van der Waals surface area contributed by atoms with Gasteiger partial charge in [0.05, 0.1) is 0 Å². The Balaban J connectivity index is 2.70. The largest absolute Gasteiger partial charge is 0.327 e. The van der Waals surface area contributed by atoms with Crippen molar-refractivity contribution in [1.82, 2.24) is 0 Å². The molecule has 0 bridgehead atoms. The highest BCUT2D eigenvalue weighted by molar-refractivity contribution is 9.10. The molecule has 0 amide bonds. The number of halogens is 2. The summed E-state index contributed by atoms with van der Waals surface area (Å²) in [6.07, 6.45) is 2.59. The van der Waals surface area contributed by atoms with Crippen LogP contribution in [0.1, 0.15) is 5.56 Å². The molecule has 0 fully saturated rings. The number of hydrogen-bond acceptors (Lipinski definition) is 2. The van der Waals surface area contributed by atoms with Gasteiger partial charge in [-0.2, -0.15) is 11.8 Å². The van der Waals surface area contributed by atoms with E-state index in [0.29, 0.717) is 12.0 Å². The van der Waals surface area contributed by atoms with Crippen LogP contribution in [0.4, 0.5) is 4.39 Å². The topological polar surface area (TPSA) is 26.0 Å². The van der Waals surface area contributed by atoms with Gasteiger partial charge < -0.3 is 5.73 Å². The summed E-state index contributed by atoms with van der Waals surface area (Å²) in [5, 5.41) is 0. The van der Waals surface area contributed by atoms with Crippen molar-refractivity contribution in [3.63, 3.8) is 0 Å². The van der Waals surface area contributed by atoms with E-state index in [1.165, 1.54) is 6.07 Å². The molecule has 0 saturated heterocycles. The maximum absolute atomic E-state index is 13.3. The van der Waals surface area contributed by atoms with E-state index < -0.39 is 0 Å². The van der Waals surface area contributed by atoms with Crippen LogP contribution in [0.15, 0.2) is 22.7 Å². The summed E-state index contributed by atoms with van der Waals surface area (Å²) in [5.74, 6) is 0.677. The summed E-state index contributed by atoms with van der Waals surface area (Å²) in [4.78, 5) is 0. The van der Waals surface area contributed by atoms with Gasteiger partial charge in [0.1, 0.15) is 5.82 Å². The van der Waals surface area contributed by atoms with Crippen LogP contribution >= 0.6 is 27.7 Å². The van der Waals surface area contributed by atoms with Crippen LogP contribution < -0.4 is 5.73 Å². The molecular formula is C10H13BrFNS. The Labute approximate surface area is 96.4 Å². The smallest absolute Gasteiger partial charge is 0.126 e. The van der Waals surface area contributed by atoms with E-state index >= 15 is 0 Å². The van der Waals surface area contributed by atoms with Gasteiger partial charge in [0.25, 0.3) is 0 Å². The Morgan fingerprint density at radius 2 is 2.29 bits per heavy atom. The molecule has 4 heteroatoms. The average molecular weight is 278 g/mol. The summed E-state index contributed by atoms with van der Waals surface area (Å²) in [7, 11) is 0. The minimum atomic E-state index is -0.176. The lowest BCUT2D eigenvalue weighted by atomic mass is 10.1. The van der Waals surface area contributed by atoms with Gasteiger partial charge in [-0.1, -0.05) is 15.9 Å². The highest BCUT2D eigenvalue weighted by Crippen LogP contribution is 2.17. The Morgan fingerprint density at radius 1 is 1.57 bits per heavy atom. The predicted molar refractivity (Wildman–Crippen MR) is 64.2 cm³/mol. The molecule has 0 aliphatic rings. The van der Waals surface area contributed by atoms with Crippen molar-refractivity contribution in [1.29, 1.82) is 0 Å². The van der Waals surface area contributed by atoms with Crippen molar-refractivity contribution in [2.45, 2.75) is 12.5 Å². The second-order valence-corrected chi connectivity index (χ2v) is 4.98. The molecule has 0 aliphatic carbocycles. The molecule has 0 aliphatic heterocycles. The summed E-state index contributed by atoms with van der Waals surface area (Å²) in [6.45, 7) is 0. The van der Waals surface area contributed by atoms with Gasteiger partial charge in [-0.25, -0.2) is 4.39 Å². The number of hydrogen-bond donors (Lipinski definition) is 1. The molecule has 0 heterocycles. The third-order valence-corrected chi connectivity index (χ3v) is 3.13. The van der Waals surface area contributed by atoms with Crippen molar-refractivity contribution >= 4 is 27.7 Å². The molecule has 1 aromatic carbocycles. The lowest BCUT2D eigenvalue weighted by Gasteiger charge is -2.10. The highest BCUT2D eigenvalue weighted by atomic mass is 79.9. The maximum Gasteiger partial charge on any atom is 0.126 e. The predicted octanol–water partition coefficient (Wildman–Crippen LogP) is 2.82. The van der Waals surface area contributed by atoms with Crippen LogP contribution in [-0.4, -0.2) is 18.1 Å². The van der Waals surface area contributed by atoms with Crippen LogP contribution in [-0.2, 0) is 6.42 Å². The fraction of sp³-hybridized carbons (Fsp3) is 0.400. The molecule has 0 radical (unpaired) electrons. The van der Waals surface area contributed by atoms with Crippen molar-refractivity contribution in [2.75, 3.05) is 12.0 Å². The third kappa shape index (κ3) is 3.59. The summed E-state index contributed by atoms with van der Waals surface area (Å²) < 4.78 is 14.2. The van der Waals surface area contributed by atoms with Crippen molar-refractivity contribution < 1.29 is 4.39 Å². The van der Waals surface area contributed by atoms with E-state index in [9.17, 15) is 4.39 Å². The number of benzene rings is 1. The van der Waals surface area contributed by atoms with Crippen LogP contribution in [0, 0.1) is 5.82 Å². The van der Waals surface area contributed by atoms with Gasteiger partial charge in [0.15, 0.2) is 0 Å². The van der Waals surface area contributed by atoms with Gasteiger partial charge in [-0.15, -0.1) is 0 Å². The Kier molecular flexibility index (Phi) is 4.92. The molecule has 0 spiro atoms. The molecule has 14 heavy (non-hydrogen) atoms. The van der Waals surface area contributed by atoms with Gasteiger partial charge >= 0.3 is 0 Å². The van der Waals surface area contributed by atoms with E-state index in [1.807, 2.05) is 6.26 Å². The fourth-order valence-electron chi connectivity index (χ4n) is 1.26. The van der Waals surface area contributed by atoms with Crippen LogP contribution in [0.3, 0.4) is 0 Å². The van der Waals surface area contributed by atoms with Gasteiger partial charge in [0.2, 0.25) is 0 Å². The minimum absolute atomic E-state index is 0.0220. The molecule has 1 nitrogen and oxygen atoms in total. The maximum atomic E-state index is 13.3. The van der Waals surface area contributed by atoms with Gasteiger partial charge in [0, 0.05) is 16.3 Å². The Morgan fingerprint density at radius 3 is 2.93 bits per heavy atom. The van der Waals surface area contributed by atoms with E-state index in [1.54, 1.807) is 23.9 Å². The molecule has 1 rings (SSSR count). The summed E-state index contributed by atoms with van der Waals surface area (Å²) in [6, 6.07) is 4.97. The zero-order valence-corrected chi connectivity index (χ0v) is 10.4. The average Bonchev–Trinajstić information content (AvgIpc) is 2.12. The molecule has 0 saturated carbocycles. The zero-order valence-electron chi connectivity index (χ0n) is 7.97. The molecule has 1 atom stereocenters. The second kappa shape index (κ2) is 5.73. The number of nitrogens with two attached hydrogens (primary N) is 1. The van der Waals surface area contributed by atoms with Crippen molar-refractivity contribution in [2.24, 2.45) is 5.73 Å². The van der Waals surface area contributed by atoms with Crippen molar-refractivity contribution in [3.05, 3.63) is 34.1 Å². The summed E-state index contributed by atoms with van der Waals surface area (Å²) >= 11 is 4.99. The molecule has 78 valence electrons. The summed E-state index contributed by atoms with van der Waals surface area (Å²) in [5.41, 5.74) is 6.51. The first-order valence-corrected chi connectivity index (χ1v) is 6.50. The van der Waals surface area contributed by atoms with Crippen LogP contribution in [0.5, 0.6) is 0 Å². The van der Waals surface area contributed by atoms with Crippen LogP contribution in [0.25, 0.3) is 0 Å². The molecule has 1 aromatic rings. The van der Waals surface area contributed by atoms with Gasteiger partial charge in [-0.05, 0) is 36.4 Å². The first-order chi connectivity index (χ1) is 6.63. The molecule has 0 aromatic heterocycles. The second-order valence-electron chi connectivity index (χ2n) is 3.16. The quantitative estimate of drug-likeness (QED) is 0.916. The van der Waals surface area contributed by atoms with Crippen molar-refractivity contribution in [3.8, 4) is 0 Å². The standard InChI is InChI=1S/C10H13BrFNS/c1-14-6-9(13)5-7-4-8(11)2-3-10(7)12/h2-4,9H,5-6,13H2,1H3. The molecule has 1 unspecified atom stereocenters. The number of rotatable bonds is 4. The minimum Gasteiger partial charge on any atom is -0.327 e. The van der Waals surface area contributed by atoms with E-state index in [2.05, 4.69) is 15.9 Å². The molecular weight excluding hydrogens is 265 g/mol. The monoisotopic (exact) mass is 277 g/mol. The lowest BCUT2D eigenvalue weighted by molar-refractivity contribution is 0.597. The zero-order chi connectivity index (χ0) is 10.6. The highest BCUT2D eigenvalue weighted by Gasteiger charge is 2.08. The van der Waals surface area contributed by atoms with E-state index in [0.717, 1.165) is 10.2 Å². The third-order valence-electron chi connectivity index (χ3n) is 1.87. The molecule has 2 N–H and O–H groups in total.